The van der Waals surface area contributed by atoms with Gasteiger partial charge in [0, 0.05) is 31.2 Å². The summed E-state index contributed by atoms with van der Waals surface area (Å²) in [5.41, 5.74) is 1.51. The molecule has 3 rings (SSSR count). The van der Waals surface area contributed by atoms with Gasteiger partial charge in [-0.25, -0.2) is 8.42 Å². The molecule has 1 saturated heterocycles. The van der Waals surface area contributed by atoms with E-state index >= 15 is 0 Å². The van der Waals surface area contributed by atoms with Crippen LogP contribution in [0.25, 0.3) is 0 Å². The summed E-state index contributed by atoms with van der Waals surface area (Å²) < 4.78 is 29.9. The zero-order valence-electron chi connectivity index (χ0n) is 14.4. The van der Waals surface area contributed by atoms with Crippen LogP contribution in [0.15, 0.2) is 35.6 Å². The number of nitrogens with zero attached hydrogens (tertiary/aromatic N) is 4. The van der Waals surface area contributed by atoms with Crippen LogP contribution in [-0.4, -0.2) is 34.0 Å². The van der Waals surface area contributed by atoms with E-state index in [4.69, 9.17) is 0 Å². The van der Waals surface area contributed by atoms with Gasteiger partial charge < -0.3 is 0 Å². The zero-order valence-corrected chi connectivity index (χ0v) is 15.2. The number of piperidine rings is 1. The van der Waals surface area contributed by atoms with Crippen molar-refractivity contribution >= 4 is 10.0 Å². The van der Waals surface area contributed by atoms with E-state index in [2.05, 4.69) is 10.1 Å². The largest absolute Gasteiger partial charge is 0.269 e. The molecule has 0 amide bonds. The minimum Gasteiger partial charge on any atom is -0.269 e. The first-order valence-electron chi connectivity index (χ1n) is 8.39. The van der Waals surface area contributed by atoms with Crippen LogP contribution >= 0.6 is 0 Å². The molecule has 2 aromatic heterocycles. The van der Waals surface area contributed by atoms with Gasteiger partial charge >= 0.3 is 0 Å². The maximum absolute atomic E-state index is 13.3. The van der Waals surface area contributed by atoms with Crippen molar-refractivity contribution in [3.63, 3.8) is 0 Å². The Morgan fingerprint density at radius 2 is 2.08 bits per heavy atom. The second-order valence-electron chi connectivity index (χ2n) is 6.57. The normalized spacial score (nSPS) is 19.8. The Labute approximate surface area is 143 Å². The van der Waals surface area contributed by atoms with E-state index < -0.39 is 10.0 Å². The van der Waals surface area contributed by atoms with Crippen molar-refractivity contribution in [2.24, 2.45) is 0 Å². The van der Waals surface area contributed by atoms with E-state index in [1.54, 1.807) is 34.5 Å². The third-order valence-electron chi connectivity index (χ3n) is 4.51. The van der Waals surface area contributed by atoms with E-state index in [9.17, 15) is 8.42 Å². The summed E-state index contributed by atoms with van der Waals surface area (Å²) in [4.78, 5) is 4.47. The lowest BCUT2D eigenvalue weighted by Gasteiger charge is -2.34. The Morgan fingerprint density at radius 3 is 2.71 bits per heavy atom. The Bertz CT molecular complexity index is 799. The molecule has 1 fully saturated rings. The van der Waals surface area contributed by atoms with Crippen LogP contribution in [0, 0.1) is 6.92 Å². The van der Waals surface area contributed by atoms with Crippen molar-refractivity contribution in [3.05, 3.63) is 42.0 Å². The first-order valence-corrected chi connectivity index (χ1v) is 9.83. The van der Waals surface area contributed by atoms with Gasteiger partial charge in [-0.1, -0.05) is 12.5 Å². The van der Waals surface area contributed by atoms with Gasteiger partial charge in [-0.2, -0.15) is 9.40 Å². The molecule has 130 valence electrons. The Hall–Kier alpha value is -1.73. The molecule has 0 N–H and O–H groups in total. The molecular weight excluding hydrogens is 324 g/mol. The van der Waals surface area contributed by atoms with Crippen molar-refractivity contribution in [2.45, 2.75) is 57.0 Å². The van der Waals surface area contributed by atoms with Gasteiger partial charge in [0.05, 0.1) is 11.7 Å². The van der Waals surface area contributed by atoms with Gasteiger partial charge in [-0.15, -0.1) is 0 Å². The van der Waals surface area contributed by atoms with Gasteiger partial charge in [0.25, 0.3) is 0 Å². The molecule has 0 saturated carbocycles. The number of aromatic nitrogens is 3. The molecule has 1 aliphatic heterocycles. The fraction of sp³-hybridized carbons (Fsp3) is 0.529. The highest BCUT2D eigenvalue weighted by Gasteiger charge is 2.36. The lowest BCUT2D eigenvalue weighted by atomic mass is 9.99. The fourth-order valence-electron chi connectivity index (χ4n) is 3.21. The van der Waals surface area contributed by atoms with E-state index in [1.807, 2.05) is 26.0 Å². The van der Waals surface area contributed by atoms with Crippen LogP contribution in [0.1, 0.15) is 56.5 Å². The maximum atomic E-state index is 13.3. The monoisotopic (exact) mass is 348 g/mol. The van der Waals surface area contributed by atoms with E-state index in [0.717, 1.165) is 24.8 Å². The third kappa shape index (κ3) is 3.10. The quantitative estimate of drug-likeness (QED) is 0.851. The summed E-state index contributed by atoms with van der Waals surface area (Å²) in [6.45, 7) is 6.27. The smallest absolute Gasteiger partial charge is 0.247 e. The second kappa shape index (κ2) is 6.64. The molecule has 0 radical (unpaired) electrons. The zero-order chi connectivity index (χ0) is 17.3. The molecule has 3 heterocycles. The highest BCUT2D eigenvalue weighted by atomic mass is 32.2. The van der Waals surface area contributed by atoms with Crippen molar-refractivity contribution in [1.29, 1.82) is 0 Å². The minimum atomic E-state index is -3.58. The summed E-state index contributed by atoms with van der Waals surface area (Å²) in [6, 6.07) is 3.79. The predicted octanol–water partition coefficient (Wildman–Crippen LogP) is 3.08. The molecule has 0 bridgehead atoms. The summed E-state index contributed by atoms with van der Waals surface area (Å²) in [5.74, 6) is 0. The molecule has 2 aromatic rings. The number of pyridine rings is 1. The molecule has 0 spiro atoms. The molecular formula is C17H24N4O2S. The van der Waals surface area contributed by atoms with Crippen molar-refractivity contribution < 1.29 is 8.42 Å². The number of hydrogen-bond acceptors (Lipinski definition) is 4. The average molecular weight is 348 g/mol. The standard InChI is InChI=1S/C17H24N4O2S/c1-13(2)20-12-17(14(3)19-20)24(22,23)21-10-5-4-8-16(21)15-7-6-9-18-11-15/h6-7,9,11-13,16H,4-5,8,10H2,1-3H3. The Kier molecular flexibility index (Phi) is 4.73. The molecule has 1 atom stereocenters. The third-order valence-corrected chi connectivity index (χ3v) is 6.52. The number of aryl methyl sites for hydroxylation is 1. The number of sulfonamides is 1. The Balaban J connectivity index is 2.01. The highest BCUT2D eigenvalue weighted by Crippen LogP contribution is 2.35. The maximum Gasteiger partial charge on any atom is 0.247 e. The first kappa shape index (κ1) is 17.1. The molecule has 0 aromatic carbocycles. The van der Waals surface area contributed by atoms with Gasteiger partial charge in [0.15, 0.2) is 0 Å². The van der Waals surface area contributed by atoms with E-state index in [-0.39, 0.29) is 12.1 Å². The number of rotatable bonds is 4. The molecule has 1 aliphatic rings. The van der Waals surface area contributed by atoms with Crippen LogP contribution < -0.4 is 0 Å². The van der Waals surface area contributed by atoms with E-state index in [1.165, 1.54) is 0 Å². The molecule has 24 heavy (non-hydrogen) atoms. The summed E-state index contributed by atoms with van der Waals surface area (Å²) in [5, 5.41) is 4.37. The van der Waals surface area contributed by atoms with Crippen LogP contribution in [0.2, 0.25) is 0 Å². The molecule has 0 aliphatic carbocycles. The van der Waals surface area contributed by atoms with Crippen LogP contribution in [0.5, 0.6) is 0 Å². The van der Waals surface area contributed by atoms with Crippen molar-refractivity contribution in [3.8, 4) is 0 Å². The summed E-state index contributed by atoms with van der Waals surface area (Å²) >= 11 is 0. The number of hydrogen-bond donors (Lipinski definition) is 0. The van der Waals surface area contributed by atoms with Gasteiger partial charge in [-0.05, 0) is 45.2 Å². The Morgan fingerprint density at radius 1 is 1.29 bits per heavy atom. The predicted molar refractivity (Wildman–Crippen MR) is 92.1 cm³/mol. The van der Waals surface area contributed by atoms with Crippen LogP contribution in [0.4, 0.5) is 0 Å². The molecule has 7 heteroatoms. The van der Waals surface area contributed by atoms with Crippen molar-refractivity contribution in [2.75, 3.05) is 6.54 Å². The first-order chi connectivity index (χ1) is 11.4. The molecule has 1 unspecified atom stereocenters. The fourth-order valence-corrected chi connectivity index (χ4v) is 5.05. The second-order valence-corrected chi connectivity index (χ2v) is 8.43. The van der Waals surface area contributed by atoms with Gasteiger partial charge in [0.2, 0.25) is 10.0 Å². The SMILES string of the molecule is Cc1nn(C(C)C)cc1S(=O)(=O)N1CCCCC1c1cccnc1. The average Bonchev–Trinajstić information content (AvgIpc) is 2.99. The lowest BCUT2D eigenvalue weighted by Crippen LogP contribution is -2.38. The lowest BCUT2D eigenvalue weighted by molar-refractivity contribution is 0.255. The van der Waals surface area contributed by atoms with Crippen molar-refractivity contribution in [1.82, 2.24) is 19.1 Å². The van der Waals surface area contributed by atoms with Crippen LogP contribution in [-0.2, 0) is 10.0 Å². The summed E-state index contributed by atoms with van der Waals surface area (Å²) in [7, 11) is -3.58. The van der Waals surface area contributed by atoms with Gasteiger partial charge in [0.1, 0.15) is 4.90 Å². The molecule has 6 nitrogen and oxygen atoms in total. The summed E-state index contributed by atoms with van der Waals surface area (Å²) in [6.07, 6.45) is 7.86. The van der Waals surface area contributed by atoms with Gasteiger partial charge in [-0.3, -0.25) is 9.67 Å². The topological polar surface area (TPSA) is 68.1 Å². The van der Waals surface area contributed by atoms with E-state index in [0.29, 0.717) is 17.1 Å². The van der Waals surface area contributed by atoms with Crippen LogP contribution in [0.3, 0.4) is 0 Å². The minimum absolute atomic E-state index is 0.128. The highest BCUT2D eigenvalue weighted by molar-refractivity contribution is 7.89.